The Hall–Kier alpha value is -2.34. The number of hydrogen-bond donors (Lipinski definition) is 2. The van der Waals surface area contributed by atoms with Crippen LogP contribution in [0.2, 0.25) is 0 Å². The molecule has 0 saturated heterocycles. The normalized spacial score (nSPS) is 10.3. The van der Waals surface area contributed by atoms with E-state index in [1.54, 1.807) is 19.2 Å². The molecule has 1 amide bonds. The van der Waals surface area contributed by atoms with E-state index < -0.39 is 0 Å². The lowest BCUT2D eigenvalue weighted by Gasteiger charge is -2.03. The molecule has 0 radical (unpaired) electrons. The van der Waals surface area contributed by atoms with Crippen LogP contribution in [0.5, 0.6) is 5.75 Å². The fraction of sp³-hybridized carbons (Fsp3) is 0.231. The maximum Gasteiger partial charge on any atom is 0.268 e. The molecule has 3 N–H and O–H groups in total. The van der Waals surface area contributed by atoms with Crippen molar-refractivity contribution < 1.29 is 13.9 Å². The Kier molecular flexibility index (Phi) is 3.82. The van der Waals surface area contributed by atoms with Gasteiger partial charge in [0, 0.05) is 5.69 Å². The third kappa shape index (κ3) is 3.11. The highest BCUT2D eigenvalue weighted by Gasteiger charge is 2.14. The molecule has 0 aliphatic rings. The van der Waals surface area contributed by atoms with E-state index in [2.05, 4.69) is 10.4 Å². The quantitative estimate of drug-likeness (QED) is 0.494. The summed E-state index contributed by atoms with van der Waals surface area (Å²) in [5.74, 6) is 6.39. The molecule has 6 nitrogen and oxygen atoms in total. The predicted octanol–water partition coefficient (Wildman–Crippen LogP) is 1.47. The summed E-state index contributed by atoms with van der Waals surface area (Å²) in [5.41, 5.74) is 3.39. The van der Waals surface area contributed by atoms with Crippen molar-refractivity contribution in [3.8, 4) is 5.75 Å². The zero-order chi connectivity index (χ0) is 13.8. The number of aryl methyl sites for hydroxylation is 2. The lowest BCUT2D eigenvalue weighted by atomic mass is 10.2. The summed E-state index contributed by atoms with van der Waals surface area (Å²) in [6.45, 7) is 3.82. The zero-order valence-corrected chi connectivity index (χ0v) is 10.8. The highest BCUT2D eigenvalue weighted by atomic mass is 16.5. The number of pyridine rings is 1. The number of carbonyl (C=O) groups excluding carboxylic acids is 1. The molecule has 2 heterocycles. The molecule has 2 rings (SSSR count). The molecule has 0 aromatic carbocycles. The van der Waals surface area contributed by atoms with E-state index in [0.29, 0.717) is 22.8 Å². The summed E-state index contributed by atoms with van der Waals surface area (Å²) in [6, 6.07) is 5.29. The molecule has 0 spiro atoms. The molecule has 0 saturated carbocycles. The molecular formula is C13H15N3O3. The zero-order valence-electron chi connectivity index (χ0n) is 10.8. The molecule has 100 valence electrons. The topological polar surface area (TPSA) is 90.4 Å². The van der Waals surface area contributed by atoms with E-state index >= 15 is 0 Å². The number of aromatic nitrogens is 1. The van der Waals surface area contributed by atoms with Gasteiger partial charge in [-0.2, -0.15) is 0 Å². The number of carbonyl (C=O) groups is 1. The summed E-state index contributed by atoms with van der Waals surface area (Å²) >= 11 is 0. The highest BCUT2D eigenvalue weighted by Crippen LogP contribution is 2.17. The number of ether oxygens (including phenoxy) is 1. The first-order valence-electron chi connectivity index (χ1n) is 5.76. The van der Waals surface area contributed by atoms with E-state index in [4.69, 9.17) is 15.0 Å². The van der Waals surface area contributed by atoms with Crippen LogP contribution in [0.3, 0.4) is 0 Å². The van der Waals surface area contributed by atoms with Crippen molar-refractivity contribution in [2.45, 2.75) is 20.5 Å². The largest absolute Gasteiger partial charge is 0.484 e. The standard InChI is InChI=1S/C13H15N3O3/c1-8-3-4-10(6-15-8)18-7-11-5-12(9(2)19-11)13(17)16-14/h3-6H,7,14H2,1-2H3,(H,16,17). The van der Waals surface area contributed by atoms with Gasteiger partial charge in [0.05, 0.1) is 11.8 Å². The van der Waals surface area contributed by atoms with Gasteiger partial charge in [0.15, 0.2) is 0 Å². The minimum absolute atomic E-state index is 0.226. The fourth-order valence-electron chi connectivity index (χ4n) is 1.61. The Balaban J connectivity index is 2.04. The van der Waals surface area contributed by atoms with Gasteiger partial charge in [-0.25, -0.2) is 5.84 Å². The number of nitrogen functional groups attached to an aromatic ring is 1. The van der Waals surface area contributed by atoms with Gasteiger partial charge >= 0.3 is 0 Å². The first kappa shape index (κ1) is 13.1. The number of hydrazine groups is 1. The Bertz CT molecular complexity index is 575. The van der Waals surface area contributed by atoms with Gasteiger partial charge in [-0.1, -0.05) is 0 Å². The minimum atomic E-state index is -0.385. The third-order valence-corrected chi connectivity index (χ3v) is 2.61. The van der Waals surface area contributed by atoms with Gasteiger partial charge in [0.25, 0.3) is 5.91 Å². The number of amides is 1. The second kappa shape index (κ2) is 5.53. The molecule has 0 aliphatic heterocycles. The summed E-state index contributed by atoms with van der Waals surface area (Å²) in [7, 11) is 0. The molecule has 2 aromatic heterocycles. The van der Waals surface area contributed by atoms with Crippen LogP contribution in [0, 0.1) is 13.8 Å². The van der Waals surface area contributed by atoms with Crippen LogP contribution in [0.1, 0.15) is 27.6 Å². The van der Waals surface area contributed by atoms with Crippen molar-refractivity contribution in [2.75, 3.05) is 0 Å². The molecule has 0 atom stereocenters. The second-order valence-corrected chi connectivity index (χ2v) is 4.08. The maximum atomic E-state index is 11.4. The lowest BCUT2D eigenvalue weighted by Crippen LogP contribution is -2.30. The number of rotatable bonds is 4. The molecule has 0 aliphatic carbocycles. The Labute approximate surface area is 110 Å². The predicted molar refractivity (Wildman–Crippen MR) is 68.4 cm³/mol. The highest BCUT2D eigenvalue weighted by molar-refractivity contribution is 5.94. The Morgan fingerprint density at radius 2 is 2.26 bits per heavy atom. The smallest absolute Gasteiger partial charge is 0.268 e. The van der Waals surface area contributed by atoms with Crippen LogP contribution in [0.15, 0.2) is 28.8 Å². The van der Waals surface area contributed by atoms with E-state index in [0.717, 1.165) is 5.69 Å². The number of nitrogens with zero attached hydrogens (tertiary/aromatic N) is 1. The number of hydrogen-bond acceptors (Lipinski definition) is 5. The summed E-state index contributed by atoms with van der Waals surface area (Å²) < 4.78 is 10.9. The number of nitrogens with one attached hydrogen (secondary N) is 1. The van der Waals surface area contributed by atoms with Crippen molar-refractivity contribution in [1.82, 2.24) is 10.4 Å². The monoisotopic (exact) mass is 261 g/mol. The molecule has 6 heteroatoms. The van der Waals surface area contributed by atoms with Gasteiger partial charge in [-0.15, -0.1) is 0 Å². The van der Waals surface area contributed by atoms with Gasteiger partial charge in [-0.05, 0) is 32.0 Å². The van der Waals surface area contributed by atoms with Gasteiger partial charge in [-0.3, -0.25) is 15.2 Å². The third-order valence-electron chi connectivity index (χ3n) is 2.61. The second-order valence-electron chi connectivity index (χ2n) is 4.08. The van der Waals surface area contributed by atoms with Crippen molar-refractivity contribution in [1.29, 1.82) is 0 Å². The molecule has 2 aromatic rings. The molecule has 0 fully saturated rings. The van der Waals surface area contributed by atoms with E-state index in [1.807, 2.05) is 19.1 Å². The SMILES string of the molecule is Cc1ccc(OCc2cc(C(=O)NN)c(C)o2)cn1. The molecule has 0 unspecified atom stereocenters. The van der Waals surface area contributed by atoms with Crippen LogP contribution in [-0.2, 0) is 6.61 Å². The summed E-state index contributed by atoms with van der Waals surface area (Å²) in [5, 5.41) is 0. The number of furan rings is 1. The summed E-state index contributed by atoms with van der Waals surface area (Å²) in [6.07, 6.45) is 1.64. The van der Waals surface area contributed by atoms with Gasteiger partial charge in [0.2, 0.25) is 0 Å². The van der Waals surface area contributed by atoms with Gasteiger partial charge < -0.3 is 9.15 Å². The molecular weight excluding hydrogens is 246 g/mol. The molecule has 19 heavy (non-hydrogen) atoms. The van der Waals surface area contributed by atoms with Crippen LogP contribution in [-0.4, -0.2) is 10.9 Å². The molecule has 0 bridgehead atoms. The van der Waals surface area contributed by atoms with E-state index in [1.165, 1.54) is 0 Å². The van der Waals surface area contributed by atoms with Crippen LogP contribution < -0.4 is 16.0 Å². The van der Waals surface area contributed by atoms with Crippen molar-refractivity contribution in [3.05, 3.63) is 47.2 Å². The van der Waals surface area contributed by atoms with Crippen molar-refractivity contribution in [3.63, 3.8) is 0 Å². The first-order chi connectivity index (χ1) is 9.10. The van der Waals surface area contributed by atoms with Crippen LogP contribution >= 0.6 is 0 Å². The van der Waals surface area contributed by atoms with Crippen molar-refractivity contribution in [2.24, 2.45) is 5.84 Å². The van der Waals surface area contributed by atoms with E-state index in [9.17, 15) is 4.79 Å². The number of nitrogens with two attached hydrogens (primary N) is 1. The van der Waals surface area contributed by atoms with E-state index in [-0.39, 0.29) is 12.5 Å². The van der Waals surface area contributed by atoms with Gasteiger partial charge in [0.1, 0.15) is 23.9 Å². The maximum absolute atomic E-state index is 11.4. The Morgan fingerprint density at radius 1 is 1.47 bits per heavy atom. The fourth-order valence-corrected chi connectivity index (χ4v) is 1.61. The van der Waals surface area contributed by atoms with Crippen LogP contribution in [0.25, 0.3) is 0 Å². The average Bonchev–Trinajstić information content (AvgIpc) is 2.78. The average molecular weight is 261 g/mol. The first-order valence-corrected chi connectivity index (χ1v) is 5.76. The van der Waals surface area contributed by atoms with Crippen molar-refractivity contribution >= 4 is 5.91 Å². The van der Waals surface area contributed by atoms with Crippen LogP contribution in [0.4, 0.5) is 0 Å². The lowest BCUT2D eigenvalue weighted by molar-refractivity contribution is 0.0952. The minimum Gasteiger partial charge on any atom is -0.484 e. The summed E-state index contributed by atoms with van der Waals surface area (Å²) in [4.78, 5) is 15.5. The Morgan fingerprint density at radius 3 is 2.89 bits per heavy atom.